The van der Waals surface area contributed by atoms with Gasteiger partial charge in [-0.3, -0.25) is 9.78 Å². The number of benzene rings is 1. The van der Waals surface area contributed by atoms with E-state index in [9.17, 15) is 17.6 Å². The summed E-state index contributed by atoms with van der Waals surface area (Å²) in [5, 5.41) is -0.639. The third-order valence-electron chi connectivity index (χ3n) is 8.27. The van der Waals surface area contributed by atoms with Crippen LogP contribution in [0, 0.1) is 17.2 Å². The van der Waals surface area contributed by atoms with Crippen molar-refractivity contribution in [2.24, 2.45) is 18.4 Å². The Morgan fingerprint density at radius 3 is 2.57 bits per heavy atom. The van der Waals surface area contributed by atoms with E-state index in [0.717, 1.165) is 16.9 Å². The van der Waals surface area contributed by atoms with Crippen LogP contribution in [0.3, 0.4) is 0 Å². The summed E-state index contributed by atoms with van der Waals surface area (Å²) < 4.78 is 44.7. The molecule has 3 atom stereocenters. The van der Waals surface area contributed by atoms with E-state index in [1.54, 1.807) is 66.6 Å². The molecule has 6 nitrogen and oxygen atoms in total. The number of rotatable bonds is 5. The summed E-state index contributed by atoms with van der Waals surface area (Å²) in [7, 11) is -1.80. The molecule has 3 heterocycles. The molecule has 0 amide bonds. The highest BCUT2D eigenvalue weighted by atomic mass is 32.2. The van der Waals surface area contributed by atoms with Crippen LogP contribution in [0.15, 0.2) is 84.3 Å². The maximum Gasteiger partial charge on any atom is 0.187 e. The number of hydrogen-bond acceptors (Lipinski definition) is 4. The quantitative estimate of drug-likeness (QED) is 0.351. The molecule has 2 aliphatic rings. The fourth-order valence-electron chi connectivity index (χ4n) is 6.38. The number of sulfone groups is 1. The third kappa shape index (κ3) is 3.94. The van der Waals surface area contributed by atoms with E-state index in [0.29, 0.717) is 36.3 Å². The lowest BCUT2D eigenvalue weighted by atomic mass is 9.56. The minimum atomic E-state index is -3.60. The number of hydrogen-bond donors (Lipinski definition) is 0. The first kappa shape index (κ1) is 23.9. The molecule has 8 heteroatoms. The third-order valence-corrected chi connectivity index (χ3v) is 10.4. The molecule has 0 radical (unpaired) electrons. The first-order valence-electron chi connectivity index (χ1n) is 12.5. The van der Waals surface area contributed by atoms with Gasteiger partial charge in [0.1, 0.15) is 11.5 Å². The maximum absolute atomic E-state index is 14.2. The van der Waals surface area contributed by atoms with Crippen molar-refractivity contribution in [1.29, 1.82) is 0 Å². The number of aryl methyl sites for hydroxylation is 1. The first-order valence-corrected chi connectivity index (χ1v) is 14.1. The summed E-state index contributed by atoms with van der Waals surface area (Å²) in [6, 6.07) is 15.3. The molecular formula is C29H28FN3O3S. The number of aromatic nitrogens is 3. The van der Waals surface area contributed by atoms with E-state index < -0.39 is 20.5 Å². The zero-order chi connectivity index (χ0) is 25.8. The van der Waals surface area contributed by atoms with Crippen LogP contribution >= 0.6 is 0 Å². The molecule has 0 saturated heterocycles. The van der Waals surface area contributed by atoms with Crippen LogP contribution in [-0.2, 0) is 29.7 Å². The average Bonchev–Trinajstić information content (AvgIpc) is 3.53. The Bertz CT molecular complexity index is 1570. The molecule has 1 unspecified atom stereocenters. The number of carbonyl (C=O) groups is 1. The fraction of sp³-hybridized carbons (Fsp3) is 0.310. The highest BCUT2D eigenvalue weighted by Crippen LogP contribution is 2.53. The molecule has 37 heavy (non-hydrogen) atoms. The summed E-state index contributed by atoms with van der Waals surface area (Å²) in [6.45, 7) is 0. The van der Waals surface area contributed by atoms with Gasteiger partial charge in [0.05, 0.1) is 10.1 Å². The Balaban J connectivity index is 1.43. The predicted octanol–water partition coefficient (Wildman–Crippen LogP) is 4.96. The summed E-state index contributed by atoms with van der Waals surface area (Å²) >= 11 is 0. The van der Waals surface area contributed by atoms with Crippen molar-refractivity contribution in [2.75, 3.05) is 0 Å². The standard InChI is InChI=1S/C29H28FN3O3S/c1-32-14-12-25(19-32)37(35,36)24-10-5-21-16-27-20(11-15-33(27)23-8-6-22(30)7-9-23)17-29(21,18-24)28(34)26-4-2-3-13-31-26/h2-4,6-9,11-15,19,21,24H,5,10,16-18H2,1H3/t21?,24-,29-/m0/s1. The number of ketones is 1. The van der Waals surface area contributed by atoms with E-state index >= 15 is 0 Å². The molecule has 2 aliphatic carbocycles. The van der Waals surface area contributed by atoms with Gasteiger partial charge in [-0.2, -0.15) is 0 Å². The molecular weight excluding hydrogens is 489 g/mol. The highest BCUT2D eigenvalue weighted by Gasteiger charge is 2.55. The Morgan fingerprint density at radius 2 is 1.86 bits per heavy atom. The summed E-state index contributed by atoms with van der Waals surface area (Å²) in [4.78, 5) is 18.8. The number of halogens is 1. The van der Waals surface area contributed by atoms with Gasteiger partial charge in [0.2, 0.25) is 0 Å². The van der Waals surface area contributed by atoms with Crippen LogP contribution in [-0.4, -0.2) is 33.6 Å². The lowest BCUT2D eigenvalue weighted by Crippen LogP contribution is -2.51. The van der Waals surface area contributed by atoms with Gasteiger partial charge in [0, 0.05) is 48.6 Å². The molecule has 0 aliphatic heterocycles. The minimum Gasteiger partial charge on any atom is -0.356 e. The van der Waals surface area contributed by atoms with Crippen LogP contribution in [0.25, 0.3) is 5.69 Å². The molecule has 6 rings (SSSR count). The van der Waals surface area contributed by atoms with Crippen molar-refractivity contribution in [3.63, 3.8) is 0 Å². The van der Waals surface area contributed by atoms with E-state index in [-0.39, 0.29) is 23.9 Å². The average molecular weight is 518 g/mol. The van der Waals surface area contributed by atoms with Crippen molar-refractivity contribution in [1.82, 2.24) is 14.1 Å². The van der Waals surface area contributed by atoms with E-state index in [2.05, 4.69) is 9.55 Å². The summed E-state index contributed by atoms with van der Waals surface area (Å²) in [6.07, 6.45) is 9.45. The smallest absolute Gasteiger partial charge is 0.187 e. The Labute approximate surface area is 215 Å². The Hall–Kier alpha value is -3.52. The molecule has 1 fully saturated rings. The zero-order valence-electron chi connectivity index (χ0n) is 20.5. The van der Waals surface area contributed by atoms with Crippen LogP contribution < -0.4 is 0 Å². The van der Waals surface area contributed by atoms with Crippen LogP contribution in [0.2, 0.25) is 0 Å². The van der Waals surface area contributed by atoms with Crippen molar-refractivity contribution >= 4 is 15.6 Å². The normalized spacial score (nSPS) is 23.3. The summed E-state index contributed by atoms with van der Waals surface area (Å²) in [5.41, 5.74) is 2.52. The van der Waals surface area contributed by atoms with Crippen LogP contribution in [0.1, 0.15) is 41.0 Å². The maximum atomic E-state index is 14.2. The zero-order valence-corrected chi connectivity index (χ0v) is 21.4. The number of nitrogens with zero attached hydrogens (tertiary/aromatic N) is 3. The Morgan fingerprint density at radius 1 is 1.05 bits per heavy atom. The number of carbonyl (C=O) groups excluding carboxylic acids is 1. The second-order valence-corrected chi connectivity index (χ2v) is 12.6. The second kappa shape index (κ2) is 8.80. The molecule has 1 saturated carbocycles. The number of Topliss-reactive ketones (excluding diaryl/α,β-unsaturated/α-hetero) is 1. The minimum absolute atomic E-state index is 0.0224. The molecule has 0 N–H and O–H groups in total. The lowest BCUT2D eigenvalue weighted by Gasteiger charge is -2.48. The molecule has 0 bridgehead atoms. The van der Waals surface area contributed by atoms with E-state index in [4.69, 9.17) is 0 Å². The van der Waals surface area contributed by atoms with Gasteiger partial charge >= 0.3 is 0 Å². The van der Waals surface area contributed by atoms with Gasteiger partial charge in [-0.05, 0) is 92.1 Å². The van der Waals surface area contributed by atoms with Crippen molar-refractivity contribution in [3.8, 4) is 5.69 Å². The van der Waals surface area contributed by atoms with Gasteiger partial charge in [-0.15, -0.1) is 0 Å². The monoisotopic (exact) mass is 517 g/mol. The fourth-order valence-corrected chi connectivity index (χ4v) is 8.29. The first-order chi connectivity index (χ1) is 17.8. The van der Waals surface area contributed by atoms with E-state index in [1.165, 1.54) is 12.1 Å². The molecule has 0 spiro atoms. The van der Waals surface area contributed by atoms with Crippen molar-refractivity contribution < 1.29 is 17.6 Å². The lowest BCUT2D eigenvalue weighted by molar-refractivity contribution is 0.0488. The van der Waals surface area contributed by atoms with Crippen molar-refractivity contribution in [3.05, 3.63) is 102 Å². The largest absolute Gasteiger partial charge is 0.356 e. The predicted molar refractivity (Wildman–Crippen MR) is 138 cm³/mol. The number of fused-ring (bicyclic) bond motifs is 2. The second-order valence-electron chi connectivity index (χ2n) is 10.4. The van der Waals surface area contributed by atoms with Gasteiger partial charge < -0.3 is 9.13 Å². The van der Waals surface area contributed by atoms with Crippen molar-refractivity contribution in [2.45, 2.75) is 42.2 Å². The summed E-state index contributed by atoms with van der Waals surface area (Å²) in [5.74, 6) is -0.389. The molecule has 1 aromatic carbocycles. The molecule has 4 aromatic rings. The highest BCUT2D eigenvalue weighted by molar-refractivity contribution is 7.92. The molecule has 190 valence electrons. The van der Waals surface area contributed by atoms with E-state index in [1.807, 2.05) is 12.3 Å². The Kier molecular flexibility index (Phi) is 5.67. The topological polar surface area (TPSA) is 74.0 Å². The van der Waals surface area contributed by atoms with Crippen LogP contribution in [0.5, 0.6) is 0 Å². The van der Waals surface area contributed by atoms with Gasteiger partial charge in [0.15, 0.2) is 15.6 Å². The van der Waals surface area contributed by atoms with Gasteiger partial charge in [-0.1, -0.05) is 6.07 Å². The van der Waals surface area contributed by atoms with Gasteiger partial charge in [0.25, 0.3) is 0 Å². The molecule has 3 aromatic heterocycles. The van der Waals surface area contributed by atoms with Gasteiger partial charge in [-0.25, -0.2) is 12.8 Å². The SMILES string of the molecule is Cn1ccc(S(=O)(=O)[C@H]2CCC3Cc4c(ccn4-c4ccc(F)cc4)C[C@]3(C(=O)c3ccccn3)C2)c1. The number of pyridine rings is 1. The van der Waals surface area contributed by atoms with Crippen LogP contribution in [0.4, 0.5) is 4.39 Å².